The molecule has 2 nitrogen and oxygen atoms in total. The summed E-state index contributed by atoms with van der Waals surface area (Å²) in [5, 5.41) is 0. The van der Waals surface area contributed by atoms with Gasteiger partial charge in [-0.2, -0.15) is 0 Å². The summed E-state index contributed by atoms with van der Waals surface area (Å²) in [5.74, 6) is 1.66. The summed E-state index contributed by atoms with van der Waals surface area (Å²) in [4.78, 5) is 0. The molecule has 0 heterocycles. The second-order valence-electron chi connectivity index (χ2n) is 5.53. The molecule has 2 N–H and O–H groups in total. The standard InChI is InChI=1S/C16H27NO/c1-6-18-16-13(4)7-11(2)9-15(16)10-12(3)8-14(5)17/h7,9,12,14H,6,8,10,17H2,1-5H3. The highest BCUT2D eigenvalue weighted by molar-refractivity contribution is 5.44. The topological polar surface area (TPSA) is 35.2 Å². The summed E-state index contributed by atoms with van der Waals surface area (Å²) in [7, 11) is 0. The monoisotopic (exact) mass is 249 g/mol. The molecule has 0 aliphatic heterocycles. The Hall–Kier alpha value is -1.02. The van der Waals surface area contributed by atoms with Crippen molar-refractivity contribution in [3.05, 3.63) is 28.8 Å². The van der Waals surface area contributed by atoms with Crippen LogP contribution in [0, 0.1) is 19.8 Å². The lowest BCUT2D eigenvalue weighted by molar-refractivity contribution is 0.331. The van der Waals surface area contributed by atoms with Gasteiger partial charge in [-0.25, -0.2) is 0 Å². The van der Waals surface area contributed by atoms with E-state index in [1.807, 2.05) is 6.92 Å². The molecule has 0 amide bonds. The first-order chi connectivity index (χ1) is 8.43. The van der Waals surface area contributed by atoms with Crippen LogP contribution >= 0.6 is 0 Å². The Morgan fingerprint density at radius 3 is 2.44 bits per heavy atom. The molecule has 0 aromatic heterocycles. The van der Waals surface area contributed by atoms with E-state index in [1.54, 1.807) is 0 Å². The normalized spacial score (nSPS) is 14.3. The van der Waals surface area contributed by atoms with Crippen LogP contribution in [0.3, 0.4) is 0 Å². The van der Waals surface area contributed by atoms with Crippen LogP contribution in [0.4, 0.5) is 0 Å². The van der Waals surface area contributed by atoms with E-state index in [0.717, 1.165) is 25.2 Å². The minimum absolute atomic E-state index is 0.265. The highest BCUT2D eigenvalue weighted by Crippen LogP contribution is 2.28. The SMILES string of the molecule is CCOc1c(C)cc(C)cc1CC(C)CC(C)N. The molecule has 0 aliphatic rings. The Morgan fingerprint density at radius 1 is 1.22 bits per heavy atom. The highest BCUT2D eigenvalue weighted by atomic mass is 16.5. The van der Waals surface area contributed by atoms with Crippen LogP contribution in [0.1, 0.15) is 43.9 Å². The minimum Gasteiger partial charge on any atom is -0.493 e. The molecule has 1 rings (SSSR count). The maximum absolute atomic E-state index is 5.87. The summed E-state index contributed by atoms with van der Waals surface area (Å²) in [6.45, 7) is 11.4. The Kier molecular flexibility index (Phi) is 5.67. The smallest absolute Gasteiger partial charge is 0.125 e. The van der Waals surface area contributed by atoms with Gasteiger partial charge in [-0.05, 0) is 57.6 Å². The first kappa shape index (κ1) is 15.0. The predicted octanol–water partition coefficient (Wildman–Crippen LogP) is 3.62. The van der Waals surface area contributed by atoms with E-state index >= 15 is 0 Å². The molecule has 0 radical (unpaired) electrons. The van der Waals surface area contributed by atoms with Gasteiger partial charge >= 0.3 is 0 Å². The summed E-state index contributed by atoms with van der Waals surface area (Å²) < 4.78 is 5.80. The molecule has 0 fully saturated rings. The van der Waals surface area contributed by atoms with Crippen molar-refractivity contribution < 1.29 is 4.74 Å². The first-order valence-electron chi connectivity index (χ1n) is 6.92. The van der Waals surface area contributed by atoms with Crippen LogP contribution in [-0.2, 0) is 6.42 Å². The van der Waals surface area contributed by atoms with Crippen molar-refractivity contribution in [3.63, 3.8) is 0 Å². The van der Waals surface area contributed by atoms with Gasteiger partial charge in [0.15, 0.2) is 0 Å². The fraction of sp³-hybridized carbons (Fsp3) is 0.625. The molecule has 0 saturated carbocycles. The highest BCUT2D eigenvalue weighted by Gasteiger charge is 2.13. The third kappa shape index (κ3) is 4.34. The number of rotatable bonds is 6. The van der Waals surface area contributed by atoms with Gasteiger partial charge in [0, 0.05) is 6.04 Å². The van der Waals surface area contributed by atoms with Gasteiger partial charge in [-0.3, -0.25) is 0 Å². The maximum Gasteiger partial charge on any atom is 0.125 e. The first-order valence-corrected chi connectivity index (χ1v) is 6.92. The Balaban J connectivity index is 2.91. The molecule has 0 bridgehead atoms. The molecule has 102 valence electrons. The quantitative estimate of drug-likeness (QED) is 0.835. The molecule has 2 heteroatoms. The fourth-order valence-corrected chi connectivity index (χ4v) is 2.64. The lowest BCUT2D eigenvalue weighted by atomic mass is 9.92. The largest absolute Gasteiger partial charge is 0.493 e. The maximum atomic E-state index is 5.87. The lowest BCUT2D eigenvalue weighted by Gasteiger charge is -2.18. The van der Waals surface area contributed by atoms with Gasteiger partial charge in [0.2, 0.25) is 0 Å². The van der Waals surface area contributed by atoms with Crippen molar-refractivity contribution in [1.29, 1.82) is 0 Å². The summed E-state index contributed by atoms with van der Waals surface area (Å²) in [6, 6.07) is 4.70. The Bertz CT molecular complexity index is 385. The summed E-state index contributed by atoms with van der Waals surface area (Å²) in [5.41, 5.74) is 9.73. The van der Waals surface area contributed by atoms with E-state index in [1.165, 1.54) is 16.7 Å². The van der Waals surface area contributed by atoms with Crippen LogP contribution in [0.2, 0.25) is 0 Å². The summed E-state index contributed by atoms with van der Waals surface area (Å²) in [6.07, 6.45) is 2.10. The number of hydrogen-bond donors (Lipinski definition) is 1. The van der Waals surface area contributed by atoms with Crippen LogP contribution in [-0.4, -0.2) is 12.6 Å². The fourth-order valence-electron chi connectivity index (χ4n) is 2.64. The summed E-state index contributed by atoms with van der Waals surface area (Å²) >= 11 is 0. The molecule has 0 aliphatic carbocycles. The van der Waals surface area contributed by atoms with E-state index in [9.17, 15) is 0 Å². The minimum atomic E-state index is 0.265. The van der Waals surface area contributed by atoms with E-state index in [2.05, 4.69) is 39.8 Å². The molecule has 0 saturated heterocycles. The van der Waals surface area contributed by atoms with E-state index in [4.69, 9.17) is 10.5 Å². The Labute approximate surface area is 112 Å². The zero-order valence-corrected chi connectivity index (χ0v) is 12.4. The molecule has 2 atom stereocenters. The third-order valence-electron chi connectivity index (χ3n) is 3.13. The van der Waals surface area contributed by atoms with Gasteiger partial charge in [0.25, 0.3) is 0 Å². The molecule has 1 aromatic carbocycles. The molecular formula is C16H27NO. The van der Waals surface area contributed by atoms with Crippen molar-refractivity contribution in [2.75, 3.05) is 6.61 Å². The predicted molar refractivity (Wildman–Crippen MR) is 78.2 cm³/mol. The molecule has 18 heavy (non-hydrogen) atoms. The van der Waals surface area contributed by atoms with Crippen LogP contribution in [0.5, 0.6) is 5.75 Å². The van der Waals surface area contributed by atoms with Crippen LogP contribution in [0.15, 0.2) is 12.1 Å². The van der Waals surface area contributed by atoms with Gasteiger partial charge < -0.3 is 10.5 Å². The molecular weight excluding hydrogens is 222 g/mol. The average molecular weight is 249 g/mol. The molecule has 0 spiro atoms. The molecule has 1 aromatic rings. The van der Waals surface area contributed by atoms with Crippen LogP contribution in [0.25, 0.3) is 0 Å². The average Bonchev–Trinajstić information content (AvgIpc) is 2.21. The van der Waals surface area contributed by atoms with Crippen molar-refractivity contribution in [3.8, 4) is 5.75 Å². The zero-order chi connectivity index (χ0) is 13.7. The van der Waals surface area contributed by atoms with Crippen LogP contribution < -0.4 is 10.5 Å². The number of ether oxygens (including phenoxy) is 1. The van der Waals surface area contributed by atoms with E-state index in [0.29, 0.717) is 5.92 Å². The van der Waals surface area contributed by atoms with Gasteiger partial charge in [-0.1, -0.05) is 24.6 Å². The number of nitrogens with two attached hydrogens (primary N) is 1. The number of aryl methyl sites for hydroxylation is 2. The molecule has 2 unspecified atom stereocenters. The second kappa shape index (κ2) is 6.79. The van der Waals surface area contributed by atoms with Gasteiger partial charge in [-0.15, -0.1) is 0 Å². The van der Waals surface area contributed by atoms with Gasteiger partial charge in [0.1, 0.15) is 5.75 Å². The van der Waals surface area contributed by atoms with Crippen molar-refractivity contribution in [1.82, 2.24) is 0 Å². The van der Waals surface area contributed by atoms with Crippen molar-refractivity contribution in [2.45, 2.75) is 53.5 Å². The number of benzene rings is 1. The second-order valence-corrected chi connectivity index (χ2v) is 5.53. The van der Waals surface area contributed by atoms with E-state index < -0.39 is 0 Å². The van der Waals surface area contributed by atoms with Crippen molar-refractivity contribution in [2.24, 2.45) is 11.7 Å². The van der Waals surface area contributed by atoms with Gasteiger partial charge in [0.05, 0.1) is 6.61 Å². The number of hydrogen-bond acceptors (Lipinski definition) is 2. The van der Waals surface area contributed by atoms with Crippen molar-refractivity contribution >= 4 is 0 Å². The van der Waals surface area contributed by atoms with E-state index in [-0.39, 0.29) is 6.04 Å². The Morgan fingerprint density at radius 2 is 1.89 bits per heavy atom. The lowest BCUT2D eigenvalue weighted by Crippen LogP contribution is -2.19. The third-order valence-corrected chi connectivity index (χ3v) is 3.13. The zero-order valence-electron chi connectivity index (χ0n) is 12.4.